The molecular weight excluding hydrogens is 228 g/mol. The van der Waals surface area contributed by atoms with Crippen molar-refractivity contribution in [2.75, 3.05) is 13.6 Å². The van der Waals surface area contributed by atoms with Gasteiger partial charge in [0, 0.05) is 13.1 Å². The van der Waals surface area contributed by atoms with Gasteiger partial charge in [-0.2, -0.15) is 0 Å². The lowest BCUT2D eigenvalue weighted by Crippen LogP contribution is -2.29. The van der Waals surface area contributed by atoms with Gasteiger partial charge in [-0.25, -0.2) is 0 Å². The Kier molecular flexibility index (Phi) is 3.71. The maximum Gasteiger partial charge on any atom is 0.0870 e. The van der Waals surface area contributed by atoms with Gasteiger partial charge in [0.2, 0.25) is 0 Å². The first-order chi connectivity index (χ1) is 8.16. The summed E-state index contributed by atoms with van der Waals surface area (Å²) >= 11 is 4.92. The van der Waals surface area contributed by atoms with Crippen LogP contribution in [0.1, 0.15) is 5.56 Å². The number of hydrogen-bond donors (Lipinski definition) is 1. The Balaban J connectivity index is 2.26. The standard InChI is InChI=1S/C14H16N2S/c1-16(10-14(15)17)9-12-7-4-6-11-5-2-3-8-13(11)12/h2-8H,9-10H2,1H3,(H2,15,17). The predicted molar refractivity (Wildman–Crippen MR) is 77.1 cm³/mol. The fraction of sp³-hybridized carbons (Fsp3) is 0.214. The number of rotatable bonds is 4. The molecule has 0 unspecified atom stereocenters. The lowest BCUT2D eigenvalue weighted by molar-refractivity contribution is 0.376. The zero-order valence-electron chi connectivity index (χ0n) is 9.89. The molecule has 0 heterocycles. The summed E-state index contributed by atoms with van der Waals surface area (Å²) in [6, 6.07) is 14.8. The number of nitrogens with two attached hydrogens (primary N) is 1. The minimum absolute atomic E-state index is 0.535. The lowest BCUT2D eigenvalue weighted by Gasteiger charge is -2.17. The molecule has 88 valence electrons. The molecule has 0 aliphatic carbocycles. The van der Waals surface area contributed by atoms with E-state index >= 15 is 0 Å². The van der Waals surface area contributed by atoms with Crippen molar-refractivity contribution in [3.63, 3.8) is 0 Å². The molecule has 2 aromatic carbocycles. The van der Waals surface area contributed by atoms with Crippen LogP contribution in [0.25, 0.3) is 10.8 Å². The van der Waals surface area contributed by atoms with E-state index < -0.39 is 0 Å². The second-order valence-electron chi connectivity index (χ2n) is 4.28. The van der Waals surface area contributed by atoms with E-state index in [1.165, 1.54) is 16.3 Å². The van der Waals surface area contributed by atoms with Gasteiger partial charge in [0.25, 0.3) is 0 Å². The molecule has 0 atom stereocenters. The highest BCUT2D eigenvalue weighted by Gasteiger charge is 2.04. The minimum atomic E-state index is 0.535. The van der Waals surface area contributed by atoms with Crippen LogP contribution in [0.3, 0.4) is 0 Å². The molecule has 0 aromatic heterocycles. The van der Waals surface area contributed by atoms with Gasteiger partial charge in [-0.15, -0.1) is 0 Å². The van der Waals surface area contributed by atoms with E-state index in [0.29, 0.717) is 11.5 Å². The van der Waals surface area contributed by atoms with Crippen LogP contribution in [0.2, 0.25) is 0 Å². The first-order valence-electron chi connectivity index (χ1n) is 5.60. The van der Waals surface area contributed by atoms with Crippen molar-refractivity contribution in [3.8, 4) is 0 Å². The van der Waals surface area contributed by atoms with Gasteiger partial charge in [0.1, 0.15) is 0 Å². The summed E-state index contributed by atoms with van der Waals surface area (Å²) in [6.07, 6.45) is 0. The van der Waals surface area contributed by atoms with Gasteiger partial charge in [0.05, 0.1) is 4.99 Å². The van der Waals surface area contributed by atoms with Crippen LogP contribution in [-0.2, 0) is 6.54 Å². The van der Waals surface area contributed by atoms with Crippen molar-refractivity contribution in [2.24, 2.45) is 5.73 Å². The molecule has 2 aromatic rings. The molecule has 0 aliphatic rings. The molecule has 2 rings (SSSR count). The van der Waals surface area contributed by atoms with Crippen molar-refractivity contribution in [1.29, 1.82) is 0 Å². The maximum atomic E-state index is 5.55. The van der Waals surface area contributed by atoms with Gasteiger partial charge in [0.15, 0.2) is 0 Å². The molecule has 0 amide bonds. The van der Waals surface area contributed by atoms with Crippen molar-refractivity contribution < 1.29 is 0 Å². The van der Waals surface area contributed by atoms with Crippen LogP contribution in [-0.4, -0.2) is 23.5 Å². The molecule has 0 aliphatic heterocycles. The predicted octanol–water partition coefficient (Wildman–Crippen LogP) is 2.56. The SMILES string of the molecule is CN(CC(N)=S)Cc1cccc2ccccc12. The Morgan fingerprint density at radius 1 is 1.18 bits per heavy atom. The third kappa shape index (κ3) is 3.02. The molecule has 0 fully saturated rings. The number of likely N-dealkylation sites (N-methyl/N-ethyl adjacent to an activating group) is 1. The summed E-state index contributed by atoms with van der Waals surface area (Å²) in [5.41, 5.74) is 6.86. The van der Waals surface area contributed by atoms with Gasteiger partial charge < -0.3 is 5.73 Å². The fourth-order valence-corrected chi connectivity index (χ4v) is 2.26. The summed E-state index contributed by atoms with van der Waals surface area (Å²) in [5.74, 6) is 0. The van der Waals surface area contributed by atoms with Crippen molar-refractivity contribution in [3.05, 3.63) is 48.0 Å². The van der Waals surface area contributed by atoms with Gasteiger partial charge >= 0.3 is 0 Å². The van der Waals surface area contributed by atoms with E-state index in [1.807, 2.05) is 7.05 Å². The first kappa shape index (κ1) is 12.0. The quantitative estimate of drug-likeness (QED) is 0.838. The zero-order valence-corrected chi connectivity index (χ0v) is 10.7. The summed E-state index contributed by atoms with van der Waals surface area (Å²) in [6.45, 7) is 1.51. The third-order valence-electron chi connectivity index (χ3n) is 2.75. The summed E-state index contributed by atoms with van der Waals surface area (Å²) in [5, 5.41) is 2.57. The van der Waals surface area contributed by atoms with Crippen LogP contribution in [0.15, 0.2) is 42.5 Å². The smallest absolute Gasteiger partial charge is 0.0870 e. The summed E-state index contributed by atoms with van der Waals surface area (Å²) in [7, 11) is 2.03. The molecule has 2 N–H and O–H groups in total. The second-order valence-corrected chi connectivity index (χ2v) is 4.80. The molecule has 3 heteroatoms. The summed E-state index contributed by atoms with van der Waals surface area (Å²) < 4.78 is 0. The molecule has 0 radical (unpaired) electrons. The van der Waals surface area contributed by atoms with Gasteiger partial charge in [-0.05, 0) is 23.4 Å². The molecule has 2 nitrogen and oxygen atoms in total. The fourth-order valence-electron chi connectivity index (χ4n) is 2.04. The van der Waals surface area contributed by atoms with Crippen LogP contribution in [0, 0.1) is 0 Å². The van der Waals surface area contributed by atoms with E-state index in [1.54, 1.807) is 0 Å². The monoisotopic (exact) mass is 244 g/mol. The van der Waals surface area contributed by atoms with Crippen LogP contribution in [0.4, 0.5) is 0 Å². The average molecular weight is 244 g/mol. The Morgan fingerprint density at radius 2 is 1.88 bits per heavy atom. The minimum Gasteiger partial charge on any atom is -0.392 e. The molecule has 0 saturated carbocycles. The van der Waals surface area contributed by atoms with Crippen molar-refractivity contribution in [1.82, 2.24) is 4.90 Å². The van der Waals surface area contributed by atoms with Crippen molar-refractivity contribution >= 4 is 28.0 Å². The van der Waals surface area contributed by atoms with Crippen LogP contribution >= 0.6 is 12.2 Å². The Morgan fingerprint density at radius 3 is 2.65 bits per heavy atom. The third-order valence-corrected chi connectivity index (χ3v) is 2.88. The molecule has 0 saturated heterocycles. The first-order valence-corrected chi connectivity index (χ1v) is 6.01. The van der Waals surface area contributed by atoms with Crippen molar-refractivity contribution in [2.45, 2.75) is 6.54 Å². The number of thiocarbonyl (C=S) groups is 1. The number of benzene rings is 2. The molecule has 0 bridgehead atoms. The Bertz CT molecular complexity index is 531. The average Bonchev–Trinajstić information content (AvgIpc) is 2.28. The molecule has 17 heavy (non-hydrogen) atoms. The van der Waals surface area contributed by atoms with E-state index in [2.05, 4.69) is 47.4 Å². The normalized spacial score (nSPS) is 10.9. The molecule has 0 spiro atoms. The molecular formula is C14H16N2S. The Labute approximate surface area is 107 Å². The number of nitrogens with zero attached hydrogens (tertiary/aromatic N) is 1. The zero-order chi connectivity index (χ0) is 12.3. The van der Waals surface area contributed by atoms with Crippen LogP contribution in [0.5, 0.6) is 0 Å². The maximum absolute atomic E-state index is 5.55. The lowest BCUT2D eigenvalue weighted by atomic mass is 10.0. The van der Waals surface area contributed by atoms with Gasteiger partial charge in [-0.1, -0.05) is 54.7 Å². The highest BCUT2D eigenvalue weighted by molar-refractivity contribution is 7.80. The van der Waals surface area contributed by atoms with E-state index in [0.717, 1.165) is 6.54 Å². The van der Waals surface area contributed by atoms with E-state index in [9.17, 15) is 0 Å². The topological polar surface area (TPSA) is 29.3 Å². The van der Waals surface area contributed by atoms with Gasteiger partial charge in [-0.3, -0.25) is 4.90 Å². The Hall–Kier alpha value is -1.45. The summed E-state index contributed by atoms with van der Waals surface area (Å²) in [4.78, 5) is 2.66. The number of hydrogen-bond acceptors (Lipinski definition) is 2. The van der Waals surface area contributed by atoms with E-state index in [4.69, 9.17) is 18.0 Å². The van der Waals surface area contributed by atoms with Crippen LogP contribution < -0.4 is 5.73 Å². The highest BCUT2D eigenvalue weighted by atomic mass is 32.1. The van der Waals surface area contributed by atoms with E-state index in [-0.39, 0.29) is 0 Å². The largest absolute Gasteiger partial charge is 0.392 e. The number of fused-ring (bicyclic) bond motifs is 1. The second kappa shape index (κ2) is 5.25. The highest BCUT2D eigenvalue weighted by Crippen LogP contribution is 2.19.